The highest BCUT2D eigenvalue weighted by atomic mass is 16.4. The molecule has 1 fully saturated rings. The minimum atomic E-state index is -0.674. The fraction of sp³-hybridized carbons (Fsp3) is 0.533. The van der Waals surface area contributed by atoms with Gasteiger partial charge in [-0.05, 0) is 37.7 Å². The SMILES string of the molecule is CC(C(=O)O)C1CCC(c2ccnc3ccnn23)CC1. The van der Waals surface area contributed by atoms with Crippen LogP contribution in [0.5, 0.6) is 0 Å². The first-order valence-electron chi connectivity index (χ1n) is 7.18. The van der Waals surface area contributed by atoms with Crippen LogP contribution in [0.2, 0.25) is 0 Å². The topological polar surface area (TPSA) is 67.5 Å². The standard InChI is InChI=1S/C15H19N3O2/c1-10(15(19)20)11-2-4-12(5-3-11)13-6-8-16-14-7-9-17-18(13)14/h6-12H,2-5H2,1H3,(H,19,20). The molecule has 0 amide bonds. The predicted octanol–water partition coefficient (Wildman–Crippen LogP) is 2.72. The second-order valence-corrected chi connectivity index (χ2v) is 5.71. The zero-order valence-electron chi connectivity index (χ0n) is 11.6. The molecule has 2 aromatic heterocycles. The molecule has 5 nitrogen and oxygen atoms in total. The number of aliphatic carboxylic acids is 1. The Morgan fingerprint density at radius 2 is 2.05 bits per heavy atom. The molecule has 0 bridgehead atoms. The Kier molecular flexibility index (Phi) is 3.42. The highest BCUT2D eigenvalue weighted by Crippen LogP contribution is 2.38. The van der Waals surface area contributed by atoms with Crippen molar-refractivity contribution in [2.75, 3.05) is 0 Å². The smallest absolute Gasteiger partial charge is 0.306 e. The average Bonchev–Trinajstić information content (AvgIpc) is 2.95. The Balaban J connectivity index is 1.75. The minimum absolute atomic E-state index is 0.238. The van der Waals surface area contributed by atoms with E-state index in [1.807, 2.05) is 29.8 Å². The summed E-state index contributed by atoms with van der Waals surface area (Å²) in [5.41, 5.74) is 2.07. The lowest BCUT2D eigenvalue weighted by Crippen LogP contribution is -2.25. The van der Waals surface area contributed by atoms with Crippen molar-refractivity contribution < 1.29 is 9.90 Å². The van der Waals surface area contributed by atoms with Gasteiger partial charge < -0.3 is 5.11 Å². The van der Waals surface area contributed by atoms with Gasteiger partial charge in [-0.25, -0.2) is 9.50 Å². The highest BCUT2D eigenvalue weighted by molar-refractivity contribution is 5.69. The maximum Gasteiger partial charge on any atom is 0.306 e. The maximum atomic E-state index is 11.1. The van der Waals surface area contributed by atoms with Crippen molar-refractivity contribution in [1.82, 2.24) is 14.6 Å². The van der Waals surface area contributed by atoms with Crippen LogP contribution in [0.4, 0.5) is 0 Å². The second-order valence-electron chi connectivity index (χ2n) is 5.71. The monoisotopic (exact) mass is 273 g/mol. The van der Waals surface area contributed by atoms with Gasteiger partial charge in [0, 0.05) is 23.9 Å². The Bertz CT molecular complexity index is 614. The molecule has 20 heavy (non-hydrogen) atoms. The summed E-state index contributed by atoms with van der Waals surface area (Å²) in [7, 11) is 0. The van der Waals surface area contributed by atoms with Crippen LogP contribution in [0.25, 0.3) is 5.65 Å². The van der Waals surface area contributed by atoms with Gasteiger partial charge in [-0.15, -0.1) is 0 Å². The summed E-state index contributed by atoms with van der Waals surface area (Å²) in [6.07, 6.45) is 7.61. The molecular formula is C15H19N3O2. The van der Waals surface area contributed by atoms with Crippen molar-refractivity contribution in [3.8, 4) is 0 Å². The lowest BCUT2D eigenvalue weighted by atomic mass is 9.75. The number of nitrogens with zero attached hydrogens (tertiary/aromatic N) is 3. The number of hydrogen-bond donors (Lipinski definition) is 1. The average molecular weight is 273 g/mol. The second kappa shape index (κ2) is 5.23. The van der Waals surface area contributed by atoms with E-state index in [1.165, 1.54) is 5.69 Å². The Morgan fingerprint density at radius 3 is 2.75 bits per heavy atom. The molecule has 2 aromatic rings. The van der Waals surface area contributed by atoms with E-state index in [1.54, 1.807) is 6.20 Å². The molecule has 0 radical (unpaired) electrons. The van der Waals surface area contributed by atoms with Gasteiger partial charge in [-0.2, -0.15) is 5.10 Å². The molecule has 1 saturated carbocycles. The van der Waals surface area contributed by atoms with E-state index < -0.39 is 5.97 Å². The van der Waals surface area contributed by atoms with Crippen LogP contribution in [0.3, 0.4) is 0 Å². The third-order valence-electron chi connectivity index (χ3n) is 4.61. The van der Waals surface area contributed by atoms with Gasteiger partial charge in [0.1, 0.15) is 0 Å². The minimum Gasteiger partial charge on any atom is -0.481 e. The molecule has 106 valence electrons. The number of carboxylic acids is 1. The van der Waals surface area contributed by atoms with Crippen molar-refractivity contribution in [3.05, 3.63) is 30.2 Å². The molecule has 5 heteroatoms. The summed E-state index contributed by atoms with van der Waals surface area (Å²) in [4.78, 5) is 15.4. The molecule has 1 N–H and O–H groups in total. The van der Waals surface area contributed by atoms with E-state index in [9.17, 15) is 4.79 Å². The van der Waals surface area contributed by atoms with Gasteiger partial charge in [-0.3, -0.25) is 4.79 Å². The number of fused-ring (bicyclic) bond motifs is 1. The summed E-state index contributed by atoms with van der Waals surface area (Å²) in [6.45, 7) is 1.82. The van der Waals surface area contributed by atoms with Crippen molar-refractivity contribution in [3.63, 3.8) is 0 Å². The van der Waals surface area contributed by atoms with E-state index in [4.69, 9.17) is 5.11 Å². The number of carboxylic acid groups (broad SMARTS) is 1. The zero-order valence-corrected chi connectivity index (χ0v) is 11.6. The molecule has 1 aliphatic rings. The molecule has 3 rings (SSSR count). The van der Waals surface area contributed by atoms with Crippen molar-refractivity contribution in [2.45, 2.75) is 38.5 Å². The maximum absolute atomic E-state index is 11.1. The molecule has 0 spiro atoms. The van der Waals surface area contributed by atoms with Gasteiger partial charge >= 0.3 is 5.97 Å². The first kappa shape index (κ1) is 13.1. The third kappa shape index (κ3) is 2.28. The first-order valence-corrected chi connectivity index (χ1v) is 7.18. The quantitative estimate of drug-likeness (QED) is 0.933. The molecular weight excluding hydrogens is 254 g/mol. The van der Waals surface area contributed by atoms with Crippen LogP contribution in [0.1, 0.15) is 44.2 Å². The third-order valence-corrected chi connectivity index (χ3v) is 4.61. The lowest BCUT2D eigenvalue weighted by molar-refractivity contribution is -0.143. The fourth-order valence-corrected chi connectivity index (χ4v) is 3.28. The van der Waals surface area contributed by atoms with Crippen LogP contribution >= 0.6 is 0 Å². The first-order chi connectivity index (χ1) is 9.66. The summed E-state index contributed by atoms with van der Waals surface area (Å²) in [5, 5.41) is 13.4. The zero-order chi connectivity index (χ0) is 14.1. The summed E-state index contributed by atoms with van der Waals surface area (Å²) >= 11 is 0. The number of carbonyl (C=O) groups is 1. The van der Waals surface area contributed by atoms with Gasteiger partial charge in [0.15, 0.2) is 5.65 Å². The van der Waals surface area contributed by atoms with Crippen LogP contribution in [0, 0.1) is 11.8 Å². The molecule has 1 aliphatic carbocycles. The predicted molar refractivity (Wildman–Crippen MR) is 74.5 cm³/mol. The molecule has 1 atom stereocenters. The number of rotatable bonds is 3. The van der Waals surface area contributed by atoms with Crippen LogP contribution < -0.4 is 0 Å². The van der Waals surface area contributed by atoms with Gasteiger partial charge in [-0.1, -0.05) is 6.92 Å². The van der Waals surface area contributed by atoms with Gasteiger partial charge in [0.05, 0.1) is 12.1 Å². The van der Waals surface area contributed by atoms with Crippen LogP contribution in [-0.4, -0.2) is 25.7 Å². The number of aromatic nitrogens is 3. The summed E-state index contributed by atoms with van der Waals surface area (Å²) in [6, 6.07) is 3.94. The van der Waals surface area contributed by atoms with Gasteiger partial charge in [0.25, 0.3) is 0 Å². The lowest BCUT2D eigenvalue weighted by Gasteiger charge is -2.30. The summed E-state index contributed by atoms with van der Waals surface area (Å²) < 4.78 is 1.91. The van der Waals surface area contributed by atoms with E-state index in [0.717, 1.165) is 31.3 Å². The summed E-state index contributed by atoms with van der Waals surface area (Å²) in [5.74, 6) is -0.152. The largest absolute Gasteiger partial charge is 0.481 e. The van der Waals surface area contributed by atoms with E-state index >= 15 is 0 Å². The molecule has 0 aromatic carbocycles. The molecule has 0 aliphatic heterocycles. The van der Waals surface area contributed by atoms with E-state index in [-0.39, 0.29) is 5.92 Å². The Labute approximate surface area is 117 Å². The van der Waals surface area contributed by atoms with Crippen molar-refractivity contribution in [1.29, 1.82) is 0 Å². The van der Waals surface area contributed by atoms with Crippen LogP contribution in [-0.2, 0) is 4.79 Å². The normalized spacial score (nSPS) is 24.6. The Morgan fingerprint density at radius 1 is 1.30 bits per heavy atom. The number of hydrogen-bond acceptors (Lipinski definition) is 3. The highest BCUT2D eigenvalue weighted by Gasteiger charge is 2.30. The van der Waals surface area contributed by atoms with Crippen LogP contribution in [0.15, 0.2) is 24.5 Å². The molecule has 1 unspecified atom stereocenters. The molecule has 0 saturated heterocycles. The molecule has 2 heterocycles. The van der Waals surface area contributed by atoms with Crippen molar-refractivity contribution in [2.24, 2.45) is 11.8 Å². The van der Waals surface area contributed by atoms with E-state index in [2.05, 4.69) is 10.1 Å². The van der Waals surface area contributed by atoms with E-state index in [0.29, 0.717) is 11.8 Å². The van der Waals surface area contributed by atoms with Gasteiger partial charge in [0.2, 0.25) is 0 Å². The Hall–Kier alpha value is -1.91. The van der Waals surface area contributed by atoms with Crippen molar-refractivity contribution >= 4 is 11.6 Å². The fourth-order valence-electron chi connectivity index (χ4n) is 3.28.